The van der Waals surface area contributed by atoms with Crippen molar-refractivity contribution >= 4 is 5.97 Å². The zero-order valence-corrected chi connectivity index (χ0v) is 12.6. The van der Waals surface area contributed by atoms with Crippen molar-refractivity contribution in [2.24, 2.45) is 5.92 Å². The number of rotatable bonds is 3. The summed E-state index contributed by atoms with van der Waals surface area (Å²) >= 11 is 0. The Morgan fingerprint density at radius 2 is 2.29 bits per heavy atom. The summed E-state index contributed by atoms with van der Waals surface area (Å²) in [4.78, 5) is 14.1. The lowest BCUT2D eigenvalue weighted by Crippen LogP contribution is -2.42. The van der Waals surface area contributed by atoms with Crippen LogP contribution in [0.2, 0.25) is 0 Å². The van der Waals surface area contributed by atoms with Crippen LogP contribution in [0.1, 0.15) is 30.1 Å². The molecule has 1 aromatic rings. The maximum Gasteiger partial charge on any atom is 0.309 e. The number of hydrogen-bond donors (Lipinski definition) is 0. The van der Waals surface area contributed by atoms with Gasteiger partial charge in [-0.25, -0.2) is 0 Å². The fourth-order valence-electron chi connectivity index (χ4n) is 3.44. The number of nitrogens with zero attached hydrogens (tertiary/aromatic N) is 1. The van der Waals surface area contributed by atoms with E-state index in [0.717, 1.165) is 45.5 Å². The van der Waals surface area contributed by atoms with Gasteiger partial charge in [0, 0.05) is 13.1 Å². The summed E-state index contributed by atoms with van der Waals surface area (Å²) < 4.78 is 10.9. The molecule has 1 saturated heterocycles. The molecule has 4 heteroatoms. The molecular formula is C17H23NO3. The molecule has 114 valence electrons. The highest BCUT2D eigenvalue weighted by Gasteiger charge is 2.29. The Bertz CT molecular complexity index is 503. The maximum atomic E-state index is 11.7. The van der Waals surface area contributed by atoms with Crippen LogP contribution >= 0.6 is 0 Å². The van der Waals surface area contributed by atoms with Crippen LogP contribution in [0, 0.1) is 5.92 Å². The molecule has 3 rings (SSSR count). The largest absolute Gasteiger partial charge is 0.469 e. The lowest BCUT2D eigenvalue weighted by atomic mass is 9.95. The van der Waals surface area contributed by atoms with Gasteiger partial charge in [-0.15, -0.1) is 0 Å². The van der Waals surface area contributed by atoms with E-state index in [1.165, 1.54) is 18.2 Å². The molecule has 0 aliphatic carbocycles. The second-order valence-corrected chi connectivity index (χ2v) is 5.93. The van der Waals surface area contributed by atoms with E-state index in [0.29, 0.717) is 0 Å². The standard InChI is InChI=1S/C17H23NO3/c1-20-17(19)14-6-4-9-18(11-14)12-16-15-7-3-2-5-13(15)8-10-21-16/h2-3,5,7,14,16H,4,6,8-12H2,1H3/t14-,16?/m0/s1. The quantitative estimate of drug-likeness (QED) is 0.800. The molecule has 2 aliphatic heterocycles. The third-order valence-electron chi connectivity index (χ3n) is 4.56. The van der Waals surface area contributed by atoms with E-state index in [1.807, 2.05) is 0 Å². The van der Waals surface area contributed by atoms with Gasteiger partial charge >= 0.3 is 5.97 Å². The summed E-state index contributed by atoms with van der Waals surface area (Å²) in [7, 11) is 1.47. The van der Waals surface area contributed by atoms with E-state index in [2.05, 4.69) is 29.2 Å². The molecule has 0 saturated carbocycles. The van der Waals surface area contributed by atoms with Crippen LogP contribution in [0.3, 0.4) is 0 Å². The van der Waals surface area contributed by atoms with Crippen LogP contribution in [-0.2, 0) is 20.7 Å². The zero-order valence-electron chi connectivity index (χ0n) is 12.6. The first kappa shape index (κ1) is 14.5. The molecule has 1 aromatic carbocycles. The van der Waals surface area contributed by atoms with Crippen molar-refractivity contribution in [3.63, 3.8) is 0 Å². The van der Waals surface area contributed by atoms with Crippen molar-refractivity contribution < 1.29 is 14.3 Å². The normalized spacial score (nSPS) is 26.1. The highest BCUT2D eigenvalue weighted by molar-refractivity contribution is 5.72. The molecule has 0 bridgehead atoms. The Kier molecular flexibility index (Phi) is 4.56. The third-order valence-corrected chi connectivity index (χ3v) is 4.56. The molecule has 2 atom stereocenters. The van der Waals surface area contributed by atoms with Gasteiger partial charge in [0.1, 0.15) is 0 Å². The van der Waals surface area contributed by atoms with Gasteiger partial charge in [-0.05, 0) is 36.9 Å². The molecular weight excluding hydrogens is 266 g/mol. The highest BCUT2D eigenvalue weighted by Crippen LogP contribution is 2.29. The van der Waals surface area contributed by atoms with Crippen molar-refractivity contribution in [3.8, 4) is 0 Å². The van der Waals surface area contributed by atoms with Crippen LogP contribution < -0.4 is 0 Å². The molecule has 0 amide bonds. The molecule has 1 fully saturated rings. The number of likely N-dealkylation sites (tertiary alicyclic amines) is 1. The van der Waals surface area contributed by atoms with Crippen LogP contribution in [-0.4, -0.2) is 44.2 Å². The van der Waals surface area contributed by atoms with E-state index in [9.17, 15) is 4.79 Å². The molecule has 0 spiro atoms. The average molecular weight is 289 g/mol. The van der Waals surface area contributed by atoms with Crippen LogP contribution in [0.15, 0.2) is 24.3 Å². The molecule has 2 heterocycles. The van der Waals surface area contributed by atoms with Gasteiger partial charge in [-0.3, -0.25) is 9.69 Å². The van der Waals surface area contributed by atoms with E-state index >= 15 is 0 Å². The van der Waals surface area contributed by atoms with E-state index < -0.39 is 0 Å². The minimum Gasteiger partial charge on any atom is -0.469 e. The highest BCUT2D eigenvalue weighted by atomic mass is 16.5. The second kappa shape index (κ2) is 6.58. The predicted molar refractivity (Wildman–Crippen MR) is 80.0 cm³/mol. The maximum absolute atomic E-state index is 11.7. The number of methoxy groups -OCH3 is 1. The first-order valence-corrected chi connectivity index (χ1v) is 7.77. The summed E-state index contributed by atoms with van der Waals surface area (Å²) in [6.07, 6.45) is 3.11. The monoisotopic (exact) mass is 289 g/mol. The third kappa shape index (κ3) is 3.27. The van der Waals surface area contributed by atoms with E-state index in [-0.39, 0.29) is 18.0 Å². The molecule has 0 N–H and O–H groups in total. The summed E-state index contributed by atoms with van der Waals surface area (Å²) in [5.41, 5.74) is 2.71. The first-order valence-electron chi connectivity index (χ1n) is 7.77. The Balaban J connectivity index is 1.66. The Labute approximate surface area is 126 Å². The molecule has 0 aromatic heterocycles. The smallest absolute Gasteiger partial charge is 0.309 e. The lowest BCUT2D eigenvalue weighted by molar-refractivity contribution is -0.147. The summed E-state index contributed by atoms with van der Waals surface area (Å²) in [5.74, 6) is -0.0627. The number of piperidine rings is 1. The number of fused-ring (bicyclic) bond motifs is 1. The zero-order chi connectivity index (χ0) is 14.7. The van der Waals surface area contributed by atoms with E-state index in [1.54, 1.807) is 0 Å². The van der Waals surface area contributed by atoms with Crippen LogP contribution in [0.5, 0.6) is 0 Å². The Morgan fingerprint density at radius 3 is 3.14 bits per heavy atom. The predicted octanol–water partition coefficient (Wildman–Crippen LogP) is 2.19. The summed E-state index contributed by atoms with van der Waals surface area (Å²) in [6.45, 7) is 3.48. The number of esters is 1. The van der Waals surface area contributed by atoms with Gasteiger partial charge in [0.15, 0.2) is 0 Å². The topological polar surface area (TPSA) is 38.8 Å². The first-order chi connectivity index (χ1) is 10.3. The van der Waals surface area contributed by atoms with Crippen LogP contribution in [0.25, 0.3) is 0 Å². The summed E-state index contributed by atoms with van der Waals surface area (Å²) in [5, 5.41) is 0. The summed E-state index contributed by atoms with van der Waals surface area (Å²) in [6, 6.07) is 8.53. The van der Waals surface area contributed by atoms with Crippen molar-refractivity contribution in [2.75, 3.05) is 33.4 Å². The van der Waals surface area contributed by atoms with Crippen molar-refractivity contribution in [3.05, 3.63) is 35.4 Å². The van der Waals surface area contributed by atoms with Gasteiger partial charge in [0.2, 0.25) is 0 Å². The fraction of sp³-hybridized carbons (Fsp3) is 0.588. The average Bonchev–Trinajstić information content (AvgIpc) is 2.55. The number of benzene rings is 1. The van der Waals surface area contributed by atoms with Gasteiger partial charge < -0.3 is 9.47 Å². The van der Waals surface area contributed by atoms with Gasteiger partial charge in [0.25, 0.3) is 0 Å². The van der Waals surface area contributed by atoms with E-state index in [4.69, 9.17) is 9.47 Å². The van der Waals surface area contributed by atoms with Crippen LogP contribution in [0.4, 0.5) is 0 Å². The second-order valence-electron chi connectivity index (χ2n) is 5.93. The minimum atomic E-state index is -0.0790. The van der Waals surface area contributed by atoms with Crippen molar-refractivity contribution in [1.29, 1.82) is 0 Å². The van der Waals surface area contributed by atoms with Gasteiger partial charge in [-0.1, -0.05) is 24.3 Å². The minimum absolute atomic E-state index is 0.0163. The number of carbonyl (C=O) groups excluding carboxylic acids is 1. The molecule has 2 aliphatic rings. The fourth-order valence-corrected chi connectivity index (χ4v) is 3.44. The SMILES string of the molecule is COC(=O)[C@H]1CCCN(CC2OCCc3ccccc32)C1. The van der Waals surface area contributed by atoms with Gasteiger partial charge in [0.05, 0.1) is 25.7 Å². The number of hydrogen-bond acceptors (Lipinski definition) is 4. The molecule has 1 unspecified atom stereocenters. The number of ether oxygens (including phenoxy) is 2. The van der Waals surface area contributed by atoms with Crippen molar-refractivity contribution in [1.82, 2.24) is 4.90 Å². The van der Waals surface area contributed by atoms with Crippen molar-refractivity contribution in [2.45, 2.75) is 25.4 Å². The molecule has 21 heavy (non-hydrogen) atoms. The number of carbonyl (C=O) groups is 1. The Morgan fingerprint density at radius 1 is 1.43 bits per heavy atom. The lowest BCUT2D eigenvalue weighted by Gasteiger charge is -2.35. The molecule has 0 radical (unpaired) electrons. The van der Waals surface area contributed by atoms with Gasteiger partial charge in [-0.2, -0.15) is 0 Å². The Hall–Kier alpha value is -1.39. The molecule has 4 nitrogen and oxygen atoms in total.